The standard InChI is InChI=1S/C22H24N2O4/c1-14-10-18(22(27)28)13-24(12-14)21(26)17-9-8-15(2)19(11-17)23-20(25)16-6-4-3-5-7-16/h3-9,11,14,18H,10,12-13H2,1-2H3,(H,23,25)(H,27,28). The van der Waals surface area contributed by atoms with E-state index in [4.69, 9.17) is 0 Å². The molecule has 1 fully saturated rings. The molecule has 3 rings (SSSR count). The maximum atomic E-state index is 13.0. The van der Waals surface area contributed by atoms with Gasteiger partial charge in [0.25, 0.3) is 11.8 Å². The number of nitrogens with zero attached hydrogens (tertiary/aromatic N) is 1. The highest BCUT2D eigenvalue weighted by molar-refractivity contribution is 6.05. The van der Waals surface area contributed by atoms with Gasteiger partial charge in [-0.3, -0.25) is 14.4 Å². The molecule has 2 unspecified atom stereocenters. The summed E-state index contributed by atoms with van der Waals surface area (Å²) in [5.41, 5.74) is 2.38. The van der Waals surface area contributed by atoms with Gasteiger partial charge < -0.3 is 15.3 Å². The van der Waals surface area contributed by atoms with Crippen LogP contribution >= 0.6 is 0 Å². The van der Waals surface area contributed by atoms with Crippen LogP contribution in [0.15, 0.2) is 48.5 Å². The number of nitrogens with one attached hydrogen (secondary N) is 1. The fourth-order valence-electron chi connectivity index (χ4n) is 3.55. The topological polar surface area (TPSA) is 86.7 Å². The summed E-state index contributed by atoms with van der Waals surface area (Å²) in [6.07, 6.45) is 0.575. The third kappa shape index (κ3) is 4.39. The first-order valence-corrected chi connectivity index (χ1v) is 9.34. The van der Waals surface area contributed by atoms with Crippen molar-refractivity contribution in [3.05, 3.63) is 65.2 Å². The summed E-state index contributed by atoms with van der Waals surface area (Å²) in [6, 6.07) is 14.0. The van der Waals surface area contributed by atoms with Gasteiger partial charge in [0.05, 0.1) is 5.92 Å². The van der Waals surface area contributed by atoms with Crippen molar-refractivity contribution in [2.24, 2.45) is 11.8 Å². The van der Waals surface area contributed by atoms with Gasteiger partial charge in [0, 0.05) is 29.9 Å². The first-order valence-electron chi connectivity index (χ1n) is 9.34. The van der Waals surface area contributed by atoms with Crippen molar-refractivity contribution in [1.82, 2.24) is 4.90 Å². The molecular weight excluding hydrogens is 356 g/mol. The van der Waals surface area contributed by atoms with Crippen molar-refractivity contribution in [1.29, 1.82) is 0 Å². The first kappa shape index (κ1) is 19.6. The Balaban J connectivity index is 1.79. The Morgan fingerprint density at radius 3 is 2.43 bits per heavy atom. The maximum Gasteiger partial charge on any atom is 0.308 e. The molecule has 0 bridgehead atoms. The van der Waals surface area contributed by atoms with Gasteiger partial charge in [0.1, 0.15) is 0 Å². The van der Waals surface area contributed by atoms with E-state index in [1.54, 1.807) is 47.4 Å². The van der Waals surface area contributed by atoms with Gasteiger partial charge >= 0.3 is 5.97 Å². The number of aryl methyl sites for hydroxylation is 1. The Morgan fingerprint density at radius 2 is 1.75 bits per heavy atom. The van der Waals surface area contributed by atoms with Crippen LogP contribution < -0.4 is 5.32 Å². The lowest BCUT2D eigenvalue weighted by molar-refractivity contribution is -0.143. The lowest BCUT2D eigenvalue weighted by Crippen LogP contribution is -2.45. The molecule has 1 aliphatic rings. The summed E-state index contributed by atoms with van der Waals surface area (Å²) in [6.45, 7) is 4.55. The number of hydrogen-bond donors (Lipinski definition) is 2. The second kappa shape index (κ2) is 8.25. The van der Waals surface area contributed by atoms with Crippen molar-refractivity contribution >= 4 is 23.5 Å². The van der Waals surface area contributed by atoms with Gasteiger partial charge in [0.15, 0.2) is 0 Å². The summed E-state index contributed by atoms with van der Waals surface area (Å²) in [7, 11) is 0. The molecule has 1 saturated heterocycles. The molecule has 0 aliphatic carbocycles. The van der Waals surface area contributed by atoms with Crippen molar-refractivity contribution in [3.8, 4) is 0 Å². The largest absolute Gasteiger partial charge is 0.481 e. The molecule has 2 aromatic rings. The van der Waals surface area contributed by atoms with Gasteiger partial charge in [-0.15, -0.1) is 0 Å². The predicted molar refractivity (Wildman–Crippen MR) is 106 cm³/mol. The fraction of sp³-hybridized carbons (Fsp3) is 0.318. The molecule has 2 amide bonds. The number of rotatable bonds is 4. The van der Waals surface area contributed by atoms with Crippen molar-refractivity contribution in [2.45, 2.75) is 20.3 Å². The molecule has 6 heteroatoms. The summed E-state index contributed by atoms with van der Waals surface area (Å²) >= 11 is 0. The third-order valence-electron chi connectivity index (χ3n) is 5.06. The SMILES string of the molecule is Cc1ccc(C(=O)N2CC(C)CC(C(=O)O)C2)cc1NC(=O)c1ccccc1. The van der Waals surface area contributed by atoms with E-state index < -0.39 is 11.9 Å². The van der Waals surface area contributed by atoms with Gasteiger partial charge in [-0.2, -0.15) is 0 Å². The molecule has 146 valence electrons. The predicted octanol–water partition coefficient (Wildman–Crippen LogP) is 3.43. The van der Waals surface area contributed by atoms with Crippen LogP contribution in [0.4, 0.5) is 5.69 Å². The number of piperidine rings is 1. The van der Waals surface area contributed by atoms with Gasteiger partial charge in [-0.05, 0) is 49.1 Å². The summed E-state index contributed by atoms with van der Waals surface area (Å²) in [5.74, 6) is -1.75. The minimum absolute atomic E-state index is 0.126. The van der Waals surface area contributed by atoms with E-state index in [0.29, 0.717) is 29.8 Å². The number of benzene rings is 2. The number of carboxylic acid groups (broad SMARTS) is 1. The Hall–Kier alpha value is -3.15. The van der Waals surface area contributed by atoms with Gasteiger partial charge in [-0.25, -0.2) is 0 Å². The Bertz CT molecular complexity index is 895. The Kier molecular flexibility index (Phi) is 5.78. The normalized spacial score (nSPS) is 19.1. The van der Waals surface area contributed by atoms with Crippen molar-refractivity contribution in [3.63, 3.8) is 0 Å². The van der Waals surface area contributed by atoms with E-state index in [9.17, 15) is 19.5 Å². The zero-order valence-corrected chi connectivity index (χ0v) is 16.0. The lowest BCUT2D eigenvalue weighted by atomic mass is 9.90. The van der Waals surface area contributed by atoms with E-state index in [0.717, 1.165) is 5.56 Å². The molecule has 6 nitrogen and oxygen atoms in total. The van der Waals surface area contributed by atoms with Crippen LogP contribution in [0, 0.1) is 18.8 Å². The summed E-state index contributed by atoms with van der Waals surface area (Å²) < 4.78 is 0. The van der Waals surface area contributed by atoms with Crippen molar-refractivity contribution < 1.29 is 19.5 Å². The number of hydrogen-bond acceptors (Lipinski definition) is 3. The lowest BCUT2D eigenvalue weighted by Gasteiger charge is -2.34. The van der Waals surface area contributed by atoms with Crippen LogP contribution in [0.5, 0.6) is 0 Å². The molecule has 28 heavy (non-hydrogen) atoms. The minimum atomic E-state index is -0.871. The smallest absolute Gasteiger partial charge is 0.308 e. The van der Waals surface area contributed by atoms with Crippen LogP contribution in [-0.4, -0.2) is 40.9 Å². The van der Waals surface area contributed by atoms with E-state index >= 15 is 0 Å². The number of carbonyl (C=O) groups is 3. The highest BCUT2D eigenvalue weighted by Gasteiger charge is 2.32. The number of amides is 2. The fourth-order valence-corrected chi connectivity index (χ4v) is 3.55. The Morgan fingerprint density at radius 1 is 1.04 bits per heavy atom. The van der Waals surface area contributed by atoms with Gasteiger partial charge in [0.2, 0.25) is 0 Å². The number of anilines is 1. The van der Waals surface area contributed by atoms with Crippen LogP contribution in [-0.2, 0) is 4.79 Å². The monoisotopic (exact) mass is 380 g/mol. The summed E-state index contributed by atoms with van der Waals surface area (Å²) in [5, 5.41) is 12.2. The average molecular weight is 380 g/mol. The highest BCUT2D eigenvalue weighted by Crippen LogP contribution is 2.25. The van der Waals surface area contributed by atoms with Gasteiger partial charge in [-0.1, -0.05) is 31.2 Å². The van der Waals surface area contributed by atoms with Crippen LogP contribution in [0.2, 0.25) is 0 Å². The molecule has 2 N–H and O–H groups in total. The van der Waals surface area contributed by atoms with Crippen LogP contribution in [0.3, 0.4) is 0 Å². The van der Waals surface area contributed by atoms with E-state index in [-0.39, 0.29) is 24.3 Å². The third-order valence-corrected chi connectivity index (χ3v) is 5.06. The van der Waals surface area contributed by atoms with Crippen LogP contribution in [0.1, 0.15) is 39.6 Å². The quantitative estimate of drug-likeness (QED) is 0.851. The molecule has 1 heterocycles. The van der Waals surface area contributed by atoms with Crippen molar-refractivity contribution in [2.75, 3.05) is 18.4 Å². The second-order valence-electron chi connectivity index (χ2n) is 7.44. The molecule has 0 radical (unpaired) electrons. The molecular formula is C22H24N2O4. The second-order valence-corrected chi connectivity index (χ2v) is 7.44. The number of likely N-dealkylation sites (tertiary alicyclic amines) is 1. The number of carboxylic acids is 1. The molecule has 1 aliphatic heterocycles. The Labute approximate surface area is 164 Å². The molecule has 0 aromatic heterocycles. The summed E-state index contributed by atoms with van der Waals surface area (Å²) in [4.78, 5) is 38.4. The maximum absolute atomic E-state index is 13.0. The zero-order valence-electron chi connectivity index (χ0n) is 16.0. The molecule has 0 saturated carbocycles. The highest BCUT2D eigenvalue weighted by atomic mass is 16.4. The molecule has 2 atom stereocenters. The van der Waals surface area contributed by atoms with E-state index in [1.165, 1.54) is 0 Å². The van der Waals surface area contributed by atoms with E-state index in [2.05, 4.69) is 5.32 Å². The number of aliphatic carboxylic acids is 1. The first-order chi connectivity index (χ1) is 13.3. The minimum Gasteiger partial charge on any atom is -0.481 e. The zero-order chi connectivity index (χ0) is 20.3. The average Bonchev–Trinajstić information content (AvgIpc) is 2.69. The molecule has 0 spiro atoms. The van der Waals surface area contributed by atoms with Crippen LogP contribution in [0.25, 0.3) is 0 Å². The number of carbonyl (C=O) groups excluding carboxylic acids is 2. The molecule has 2 aromatic carbocycles. The van der Waals surface area contributed by atoms with E-state index in [1.807, 2.05) is 19.9 Å².